The first-order valence-corrected chi connectivity index (χ1v) is 19.3. The number of piperazine rings is 2. The molecule has 17 nitrogen and oxygen atoms in total. The summed E-state index contributed by atoms with van der Waals surface area (Å²) in [7, 11) is 0. The minimum Gasteiger partial charge on any atom is -0.481 e. The van der Waals surface area contributed by atoms with Crippen molar-refractivity contribution in [2.24, 2.45) is 0 Å². The summed E-state index contributed by atoms with van der Waals surface area (Å²) in [6.45, 7) is 6.42. The van der Waals surface area contributed by atoms with E-state index >= 15 is 0 Å². The lowest BCUT2D eigenvalue weighted by atomic mass is 10.2. The molecule has 8 rings (SSSR count). The van der Waals surface area contributed by atoms with Crippen LogP contribution in [0.15, 0.2) is 82.6 Å². The number of hydrogen-bond donors (Lipinski definition) is 4. The van der Waals surface area contributed by atoms with Crippen molar-refractivity contribution in [1.82, 2.24) is 40.1 Å². The van der Waals surface area contributed by atoms with E-state index < -0.39 is 28.7 Å². The molecule has 2 aliphatic rings. The van der Waals surface area contributed by atoms with Gasteiger partial charge in [-0.15, -0.1) is 12.4 Å². The van der Waals surface area contributed by atoms with Crippen molar-refractivity contribution in [3.8, 4) is 12.1 Å². The van der Waals surface area contributed by atoms with Crippen molar-refractivity contribution in [3.05, 3.63) is 128 Å². The van der Waals surface area contributed by atoms with Gasteiger partial charge >= 0.3 is 5.97 Å². The number of halogens is 3. The minimum absolute atomic E-state index is 0. The summed E-state index contributed by atoms with van der Waals surface area (Å²) in [5.74, 6) is 0.470. The van der Waals surface area contributed by atoms with E-state index in [2.05, 4.69) is 51.1 Å². The predicted octanol–water partition coefficient (Wildman–Crippen LogP) is 3.47. The molecule has 2 aromatic carbocycles. The Morgan fingerprint density at radius 2 is 1.15 bits per heavy atom. The van der Waals surface area contributed by atoms with E-state index in [0.717, 1.165) is 49.9 Å². The molecule has 320 valence electrons. The molecule has 2 fully saturated rings. The zero-order valence-corrected chi connectivity index (χ0v) is 34.0. The number of aryl methyl sites for hydroxylation is 2. The first-order chi connectivity index (χ1) is 29.5. The summed E-state index contributed by atoms with van der Waals surface area (Å²) < 4.78 is 26.2. The molecule has 0 radical (unpaired) electrons. The number of aromatic nitrogens is 6. The molecule has 2 aliphatic heterocycles. The number of anilines is 2. The van der Waals surface area contributed by atoms with Crippen molar-refractivity contribution < 1.29 is 23.5 Å². The number of pyridine rings is 2. The Morgan fingerprint density at radius 1 is 0.677 bits per heavy atom. The van der Waals surface area contributed by atoms with Crippen LogP contribution in [0.25, 0.3) is 21.8 Å². The molecule has 6 aromatic rings. The molecule has 6 heterocycles. The van der Waals surface area contributed by atoms with Gasteiger partial charge in [-0.05, 0) is 60.7 Å². The Balaban J connectivity index is 0.000000192. The second kappa shape index (κ2) is 21.8. The van der Waals surface area contributed by atoms with Gasteiger partial charge < -0.3 is 35.1 Å². The van der Waals surface area contributed by atoms with Crippen LogP contribution in [0.3, 0.4) is 0 Å². The molecule has 0 unspecified atom stereocenters. The summed E-state index contributed by atoms with van der Waals surface area (Å²) in [5, 5.41) is 29.6. The maximum atomic E-state index is 13.3. The minimum atomic E-state index is -0.966. The molecule has 0 aliphatic carbocycles. The third-order valence-electron chi connectivity index (χ3n) is 9.74. The molecule has 0 saturated carbocycles. The van der Waals surface area contributed by atoms with E-state index in [1.807, 2.05) is 24.3 Å². The van der Waals surface area contributed by atoms with Gasteiger partial charge in [0.2, 0.25) is 5.91 Å². The lowest BCUT2D eigenvalue weighted by molar-refractivity contribution is -0.137. The number of carbonyl (C=O) groups is 2. The first kappa shape index (κ1) is 45.7. The van der Waals surface area contributed by atoms with E-state index in [1.165, 1.54) is 24.3 Å². The Kier molecular flexibility index (Phi) is 16.1. The van der Waals surface area contributed by atoms with Crippen LogP contribution >= 0.6 is 12.4 Å². The predicted molar refractivity (Wildman–Crippen MR) is 228 cm³/mol. The molecule has 2 saturated heterocycles. The number of aromatic amines is 2. The molecule has 4 N–H and O–H groups in total. The van der Waals surface area contributed by atoms with Crippen LogP contribution < -0.4 is 26.2 Å². The fraction of sp³-hybridized carbons (Fsp3) is 0.286. The molecule has 4 aromatic heterocycles. The number of fused-ring (bicyclic) bond motifs is 2. The van der Waals surface area contributed by atoms with Gasteiger partial charge in [-0.1, -0.05) is 0 Å². The normalized spacial score (nSPS) is 13.4. The van der Waals surface area contributed by atoms with Gasteiger partial charge in [-0.3, -0.25) is 19.2 Å². The monoisotopic (exact) mass is 866 g/mol. The zero-order chi connectivity index (χ0) is 43.3. The van der Waals surface area contributed by atoms with Crippen molar-refractivity contribution >= 4 is 57.7 Å². The van der Waals surface area contributed by atoms with Gasteiger partial charge in [0, 0.05) is 84.0 Å². The molecular formula is C42H41ClF2N12O5. The zero-order valence-electron chi connectivity index (χ0n) is 33.2. The summed E-state index contributed by atoms with van der Waals surface area (Å²) in [4.78, 5) is 74.8. The van der Waals surface area contributed by atoms with Crippen LogP contribution in [-0.2, 0) is 22.4 Å². The number of carboxylic acid groups (broad SMARTS) is 1. The van der Waals surface area contributed by atoms with E-state index in [-0.39, 0.29) is 54.2 Å². The van der Waals surface area contributed by atoms with Crippen LogP contribution in [0.1, 0.15) is 35.6 Å². The highest BCUT2D eigenvalue weighted by atomic mass is 35.5. The smallest absolute Gasteiger partial charge is 0.303 e. The second-order valence-electron chi connectivity index (χ2n) is 13.9. The number of nitriles is 2. The summed E-state index contributed by atoms with van der Waals surface area (Å²) in [5.41, 5.74) is 1.02. The lowest BCUT2D eigenvalue weighted by Gasteiger charge is -2.35. The molecular weight excluding hydrogens is 826 g/mol. The van der Waals surface area contributed by atoms with E-state index in [4.69, 9.17) is 15.6 Å². The standard InChI is InChI=1S/C21H19FN6O2.C11H9FN2O3.C10H12N4.ClH/c22-15-2-3-17-16(11-15)21(30)26-18(25-17)4-6-20(29)28-9-7-27(8-10-28)19-5-1-14(12-23)13-24-19;12-6-1-2-8-7(5-6)11(17)14-9(13-8)3-4-10(15)16;11-7-9-1-2-10(13-8-9)14-5-3-12-4-6-14;/h1-3,5,11,13H,4,6-10H2,(H,25,26,30);1-2,5H,3-4H2,(H,15,16)(H,13,14,17);1-2,8,12H,3-6H2;1H. The SMILES string of the molecule is Cl.N#Cc1ccc(N2CCN(C(=O)CCc3nc4ccc(F)cc4c(=O)[nH]3)CC2)nc1.N#Cc1ccc(N2CCNCC2)nc1.O=C(O)CCc1nc2ccc(F)cc2c(=O)[nH]1. The first-order valence-electron chi connectivity index (χ1n) is 19.3. The number of benzene rings is 2. The van der Waals surface area contributed by atoms with Crippen LogP contribution in [0, 0.1) is 34.3 Å². The third kappa shape index (κ3) is 12.3. The van der Waals surface area contributed by atoms with Gasteiger partial charge in [0.05, 0.1) is 39.4 Å². The van der Waals surface area contributed by atoms with Crippen molar-refractivity contribution in [1.29, 1.82) is 10.5 Å². The third-order valence-corrected chi connectivity index (χ3v) is 9.74. The van der Waals surface area contributed by atoms with Gasteiger partial charge in [-0.25, -0.2) is 28.7 Å². The van der Waals surface area contributed by atoms with E-state index in [1.54, 1.807) is 23.4 Å². The van der Waals surface area contributed by atoms with E-state index in [9.17, 15) is 28.0 Å². The van der Waals surface area contributed by atoms with Gasteiger partial charge in [-0.2, -0.15) is 10.5 Å². The average Bonchev–Trinajstić information content (AvgIpc) is 3.29. The van der Waals surface area contributed by atoms with Crippen LogP contribution in [0.4, 0.5) is 20.4 Å². The Morgan fingerprint density at radius 3 is 1.58 bits per heavy atom. The molecule has 0 atom stereocenters. The number of aliphatic carboxylic acids is 1. The van der Waals surface area contributed by atoms with Crippen molar-refractivity contribution in [2.45, 2.75) is 25.7 Å². The van der Waals surface area contributed by atoms with Crippen LogP contribution in [0.2, 0.25) is 0 Å². The average molecular weight is 867 g/mol. The van der Waals surface area contributed by atoms with Gasteiger partial charge in [0.15, 0.2) is 0 Å². The topological polar surface area (TPSA) is 241 Å². The Bertz CT molecular complexity index is 2710. The fourth-order valence-corrected chi connectivity index (χ4v) is 6.52. The highest BCUT2D eigenvalue weighted by Gasteiger charge is 2.22. The molecule has 62 heavy (non-hydrogen) atoms. The van der Waals surface area contributed by atoms with Gasteiger partial charge in [0.1, 0.15) is 47.1 Å². The fourth-order valence-electron chi connectivity index (χ4n) is 6.52. The number of carboxylic acids is 1. The summed E-state index contributed by atoms with van der Waals surface area (Å²) in [6, 6.07) is 18.9. The lowest BCUT2D eigenvalue weighted by Crippen LogP contribution is -2.49. The van der Waals surface area contributed by atoms with Crippen molar-refractivity contribution in [2.75, 3.05) is 62.2 Å². The van der Waals surface area contributed by atoms with Gasteiger partial charge in [0.25, 0.3) is 11.1 Å². The summed E-state index contributed by atoms with van der Waals surface area (Å²) >= 11 is 0. The second-order valence-corrected chi connectivity index (χ2v) is 13.9. The Labute approximate surface area is 359 Å². The van der Waals surface area contributed by atoms with Crippen LogP contribution in [-0.4, -0.2) is 104 Å². The molecule has 0 bridgehead atoms. The van der Waals surface area contributed by atoms with Crippen molar-refractivity contribution in [3.63, 3.8) is 0 Å². The molecule has 0 spiro atoms. The molecule has 20 heteroatoms. The quantitative estimate of drug-likeness (QED) is 0.171. The van der Waals surface area contributed by atoms with E-state index in [0.29, 0.717) is 60.6 Å². The number of rotatable bonds is 8. The number of amides is 1. The highest BCUT2D eigenvalue weighted by molar-refractivity contribution is 5.85. The largest absolute Gasteiger partial charge is 0.481 e. The van der Waals surface area contributed by atoms with Crippen LogP contribution in [0.5, 0.6) is 0 Å². The molecule has 1 amide bonds. The maximum Gasteiger partial charge on any atom is 0.303 e. The maximum absolute atomic E-state index is 13.3. The Hall–Kier alpha value is -7.35. The number of nitrogens with one attached hydrogen (secondary N) is 3. The number of nitrogens with zero attached hydrogens (tertiary/aromatic N) is 9. The number of H-pyrrole nitrogens is 2. The highest BCUT2D eigenvalue weighted by Crippen LogP contribution is 2.16. The number of carbonyl (C=O) groups excluding carboxylic acids is 1. The summed E-state index contributed by atoms with van der Waals surface area (Å²) in [6.07, 6.45) is 3.72. The number of hydrogen-bond acceptors (Lipinski definition) is 13.